The molecular weight excluding hydrogens is 232 g/mol. The van der Waals surface area contributed by atoms with Gasteiger partial charge in [0.15, 0.2) is 0 Å². The third kappa shape index (κ3) is 4.87. The minimum absolute atomic E-state index is 0.193. The fraction of sp³-hybridized carbons (Fsp3) is 0.692. The third-order valence-electron chi connectivity index (χ3n) is 3.12. The van der Waals surface area contributed by atoms with Crippen molar-refractivity contribution in [2.45, 2.75) is 32.6 Å². The molecule has 0 aromatic carbocycles. The van der Waals surface area contributed by atoms with Crippen LogP contribution in [0.4, 0.5) is 0 Å². The fourth-order valence-corrected chi connectivity index (χ4v) is 2.00. The zero-order valence-corrected chi connectivity index (χ0v) is 10.9. The predicted molar refractivity (Wildman–Crippen MR) is 69.3 cm³/mol. The van der Waals surface area contributed by atoms with Gasteiger partial charge in [-0.2, -0.15) is 0 Å². The summed E-state index contributed by atoms with van der Waals surface area (Å²) in [6.07, 6.45) is 4.90. The first-order valence-corrected chi connectivity index (χ1v) is 6.56. The average Bonchev–Trinajstić information content (AvgIpc) is 2.86. The fourth-order valence-electron chi connectivity index (χ4n) is 2.00. The van der Waals surface area contributed by atoms with Gasteiger partial charge in [0.2, 0.25) is 5.91 Å². The molecule has 0 saturated carbocycles. The van der Waals surface area contributed by atoms with Gasteiger partial charge in [0.25, 0.3) is 0 Å². The first kappa shape index (κ1) is 14.7. The second-order valence-corrected chi connectivity index (χ2v) is 4.43. The van der Waals surface area contributed by atoms with Crippen LogP contribution in [0.2, 0.25) is 0 Å². The molecule has 2 N–H and O–H groups in total. The number of nitrogens with zero attached hydrogens (tertiary/aromatic N) is 1. The standard InChI is InChI=1S/C13H22N2O3/c1-2-11(13(17)18)5-7-14-8-6-12(16)15-9-3-4-10-15/h5,14H,2-4,6-10H2,1H3,(H,17,18). The maximum Gasteiger partial charge on any atom is 0.331 e. The molecule has 1 aliphatic rings. The van der Waals surface area contributed by atoms with Crippen molar-refractivity contribution in [1.82, 2.24) is 10.2 Å². The lowest BCUT2D eigenvalue weighted by atomic mass is 10.2. The number of carboxylic acids is 1. The summed E-state index contributed by atoms with van der Waals surface area (Å²) in [5.74, 6) is -0.676. The van der Waals surface area contributed by atoms with Crippen LogP contribution in [-0.4, -0.2) is 48.1 Å². The van der Waals surface area contributed by atoms with Gasteiger partial charge in [0, 0.05) is 38.2 Å². The maximum atomic E-state index is 11.7. The number of carbonyl (C=O) groups excluding carboxylic acids is 1. The van der Waals surface area contributed by atoms with E-state index in [9.17, 15) is 9.59 Å². The summed E-state index contributed by atoms with van der Waals surface area (Å²) in [5, 5.41) is 11.9. The number of likely N-dealkylation sites (tertiary alicyclic amines) is 1. The molecule has 18 heavy (non-hydrogen) atoms. The number of rotatable bonds is 7. The van der Waals surface area contributed by atoms with Crippen LogP contribution < -0.4 is 5.32 Å². The Labute approximate surface area is 108 Å². The summed E-state index contributed by atoms with van der Waals surface area (Å²) in [7, 11) is 0. The van der Waals surface area contributed by atoms with Crippen molar-refractivity contribution in [2.75, 3.05) is 26.2 Å². The lowest BCUT2D eigenvalue weighted by molar-refractivity contribution is -0.133. The Morgan fingerprint density at radius 1 is 1.33 bits per heavy atom. The van der Waals surface area contributed by atoms with Crippen molar-refractivity contribution in [3.05, 3.63) is 11.6 Å². The van der Waals surface area contributed by atoms with Gasteiger partial charge >= 0.3 is 5.97 Å². The number of hydrogen-bond acceptors (Lipinski definition) is 3. The largest absolute Gasteiger partial charge is 0.478 e. The molecule has 0 radical (unpaired) electrons. The Morgan fingerprint density at radius 3 is 2.56 bits per heavy atom. The van der Waals surface area contributed by atoms with E-state index >= 15 is 0 Å². The molecular formula is C13H22N2O3. The van der Waals surface area contributed by atoms with Crippen LogP contribution in [0.3, 0.4) is 0 Å². The Balaban J connectivity index is 2.14. The topological polar surface area (TPSA) is 69.6 Å². The zero-order valence-electron chi connectivity index (χ0n) is 10.9. The van der Waals surface area contributed by atoms with Gasteiger partial charge in [0.05, 0.1) is 0 Å². The molecule has 5 heteroatoms. The minimum atomic E-state index is -0.868. The van der Waals surface area contributed by atoms with E-state index in [1.54, 1.807) is 6.08 Å². The highest BCUT2D eigenvalue weighted by Crippen LogP contribution is 2.08. The van der Waals surface area contributed by atoms with Gasteiger partial charge in [0.1, 0.15) is 0 Å². The van der Waals surface area contributed by atoms with E-state index in [0.29, 0.717) is 31.5 Å². The Bertz CT molecular complexity index is 320. The van der Waals surface area contributed by atoms with E-state index in [2.05, 4.69) is 5.32 Å². The van der Waals surface area contributed by atoms with Crippen LogP contribution in [0.1, 0.15) is 32.6 Å². The second kappa shape index (κ2) is 7.87. The molecule has 0 aromatic rings. The molecule has 102 valence electrons. The maximum absolute atomic E-state index is 11.7. The summed E-state index contributed by atoms with van der Waals surface area (Å²) < 4.78 is 0. The van der Waals surface area contributed by atoms with E-state index in [4.69, 9.17) is 5.11 Å². The van der Waals surface area contributed by atoms with E-state index in [0.717, 1.165) is 25.9 Å². The van der Waals surface area contributed by atoms with Crippen molar-refractivity contribution in [3.8, 4) is 0 Å². The SMILES string of the molecule is CCC(=CCNCCC(=O)N1CCCC1)C(=O)O. The molecule has 0 aliphatic carbocycles. The molecule has 5 nitrogen and oxygen atoms in total. The molecule has 1 saturated heterocycles. The Hall–Kier alpha value is -1.36. The van der Waals surface area contributed by atoms with E-state index in [-0.39, 0.29) is 5.91 Å². The van der Waals surface area contributed by atoms with E-state index < -0.39 is 5.97 Å². The van der Waals surface area contributed by atoms with Crippen LogP contribution in [0.5, 0.6) is 0 Å². The zero-order chi connectivity index (χ0) is 13.4. The van der Waals surface area contributed by atoms with Crippen LogP contribution in [0, 0.1) is 0 Å². The van der Waals surface area contributed by atoms with Crippen LogP contribution in [0.25, 0.3) is 0 Å². The summed E-state index contributed by atoms with van der Waals surface area (Å²) in [4.78, 5) is 24.3. The molecule has 1 aliphatic heterocycles. The summed E-state index contributed by atoms with van der Waals surface area (Å²) in [6, 6.07) is 0. The monoisotopic (exact) mass is 254 g/mol. The Kier molecular flexibility index (Phi) is 6.43. The molecule has 0 unspecified atom stereocenters. The quantitative estimate of drug-likeness (QED) is 0.525. The van der Waals surface area contributed by atoms with Crippen molar-refractivity contribution < 1.29 is 14.7 Å². The van der Waals surface area contributed by atoms with Gasteiger partial charge in [-0.25, -0.2) is 4.79 Å². The van der Waals surface area contributed by atoms with Crippen molar-refractivity contribution in [3.63, 3.8) is 0 Å². The van der Waals surface area contributed by atoms with Gasteiger partial charge in [-0.15, -0.1) is 0 Å². The number of carboxylic acid groups (broad SMARTS) is 1. The number of hydrogen-bond donors (Lipinski definition) is 2. The summed E-state index contributed by atoms with van der Waals surface area (Å²) >= 11 is 0. The van der Waals surface area contributed by atoms with Crippen molar-refractivity contribution >= 4 is 11.9 Å². The minimum Gasteiger partial charge on any atom is -0.478 e. The van der Waals surface area contributed by atoms with E-state index in [1.165, 1.54) is 0 Å². The van der Waals surface area contributed by atoms with Crippen LogP contribution >= 0.6 is 0 Å². The van der Waals surface area contributed by atoms with E-state index in [1.807, 2.05) is 11.8 Å². The molecule has 0 bridgehead atoms. The molecule has 1 amide bonds. The van der Waals surface area contributed by atoms with Crippen molar-refractivity contribution in [2.24, 2.45) is 0 Å². The number of aliphatic carboxylic acids is 1. The molecule has 0 atom stereocenters. The molecule has 1 heterocycles. The van der Waals surface area contributed by atoms with Crippen molar-refractivity contribution in [1.29, 1.82) is 0 Å². The van der Waals surface area contributed by atoms with Gasteiger partial charge < -0.3 is 15.3 Å². The van der Waals surface area contributed by atoms with Gasteiger partial charge in [-0.05, 0) is 19.3 Å². The lowest BCUT2D eigenvalue weighted by Crippen LogP contribution is -2.30. The number of amides is 1. The van der Waals surface area contributed by atoms with Crippen LogP contribution in [-0.2, 0) is 9.59 Å². The third-order valence-corrected chi connectivity index (χ3v) is 3.12. The first-order chi connectivity index (χ1) is 8.65. The van der Waals surface area contributed by atoms with Crippen LogP contribution in [0.15, 0.2) is 11.6 Å². The molecule has 0 aromatic heterocycles. The number of nitrogens with one attached hydrogen (secondary N) is 1. The first-order valence-electron chi connectivity index (χ1n) is 6.56. The smallest absolute Gasteiger partial charge is 0.331 e. The summed E-state index contributed by atoms with van der Waals surface area (Å²) in [5.41, 5.74) is 0.411. The summed E-state index contributed by atoms with van der Waals surface area (Å²) in [6.45, 7) is 4.69. The predicted octanol–water partition coefficient (Wildman–Crippen LogP) is 1.01. The second-order valence-electron chi connectivity index (χ2n) is 4.43. The number of carbonyl (C=O) groups is 2. The molecule has 1 fully saturated rings. The highest BCUT2D eigenvalue weighted by Gasteiger charge is 2.16. The van der Waals surface area contributed by atoms with Gasteiger partial charge in [-0.1, -0.05) is 13.0 Å². The van der Waals surface area contributed by atoms with Gasteiger partial charge in [-0.3, -0.25) is 4.79 Å². The highest BCUT2D eigenvalue weighted by atomic mass is 16.4. The Morgan fingerprint density at radius 2 is 2.00 bits per heavy atom. The average molecular weight is 254 g/mol. The molecule has 1 rings (SSSR count). The molecule has 0 spiro atoms. The highest BCUT2D eigenvalue weighted by molar-refractivity contribution is 5.86. The normalized spacial score (nSPS) is 16.1. The lowest BCUT2D eigenvalue weighted by Gasteiger charge is -2.14.